The molecule has 0 aromatic heterocycles. The van der Waals surface area contributed by atoms with E-state index >= 15 is 0 Å². The van der Waals surface area contributed by atoms with Crippen molar-refractivity contribution < 1.29 is 23.7 Å². The van der Waals surface area contributed by atoms with Crippen LogP contribution in [0.1, 0.15) is 26.3 Å². The highest BCUT2D eigenvalue weighted by Crippen LogP contribution is 2.25. The molecule has 6 heteroatoms. The number of hydrogen-bond donors (Lipinski definition) is 0. The fraction of sp³-hybridized carbons (Fsp3) is 0.500. The Morgan fingerprint density at radius 3 is 2.62 bits per heavy atom. The van der Waals surface area contributed by atoms with Gasteiger partial charge in [-0.15, -0.1) is 0 Å². The summed E-state index contributed by atoms with van der Waals surface area (Å²) in [4.78, 5) is 11.5. The van der Waals surface area contributed by atoms with Gasteiger partial charge in [0.2, 0.25) is 0 Å². The zero-order valence-corrected chi connectivity index (χ0v) is 15.8. The summed E-state index contributed by atoms with van der Waals surface area (Å²) in [5, 5.41) is 0.426. The topological polar surface area (TPSA) is 54.0 Å². The molecule has 0 aliphatic carbocycles. The molecule has 5 nitrogen and oxygen atoms in total. The minimum atomic E-state index is -0.504. The van der Waals surface area contributed by atoms with Crippen molar-refractivity contribution in [2.75, 3.05) is 18.5 Å². The van der Waals surface area contributed by atoms with E-state index in [4.69, 9.17) is 18.9 Å². The molecule has 24 heavy (non-hydrogen) atoms. The van der Waals surface area contributed by atoms with Gasteiger partial charge in [0.1, 0.15) is 11.5 Å². The van der Waals surface area contributed by atoms with Crippen LogP contribution in [0.15, 0.2) is 36.1 Å². The van der Waals surface area contributed by atoms with E-state index in [9.17, 15) is 4.79 Å². The molecule has 1 fully saturated rings. The molecule has 1 aliphatic heterocycles. The zero-order valence-electron chi connectivity index (χ0n) is 14.2. The Morgan fingerprint density at radius 2 is 2.08 bits per heavy atom. The van der Waals surface area contributed by atoms with Crippen molar-refractivity contribution in [3.05, 3.63) is 41.7 Å². The summed E-state index contributed by atoms with van der Waals surface area (Å²) >= 11 is 3.30. The summed E-state index contributed by atoms with van der Waals surface area (Å²) in [6.07, 6.45) is 2.19. The lowest BCUT2D eigenvalue weighted by Crippen LogP contribution is -2.22. The van der Waals surface area contributed by atoms with Crippen LogP contribution in [0, 0.1) is 0 Å². The zero-order chi connectivity index (χ0) is 17.6. The van der Waals surface area contributed by atoms with Crippen LogP contribution in [0.5, 0.6) is 5.75 Å². The van der Waals surface area contributed by atoms with Gasteiger partial charge in [0.05, 0.1) is 30.7 Å². The number of rotatable bonds is 7. The monoisotopic (exact) mass is 398 g/mol. The van der Waals surface area contributed by atoms with Crippen LogP contribution in [-0.2, 0) is 25.4 Å². The average Bonchev–Trinajstić information content (AvgIpc) is 2.87. The third-order valence-corrected chi connectivity index (χ3v) is 3.95. The molecule has 1 aromatic rings. The number of carbonyl (C=O) groups is 1. The summed E-state index contributed by atoms with van der Waals surface area (Å²) in [6, 6.07) is 7.72. The van der Waals surface area contributed by atoms with Crippen molar-refractivity contribution in [1.29, 1.82) is 0 Å². The largest absolute Gasteiger partial charge is 0.463 e. The number of esters is 1. The van der Waals surface area contributed by atoms with Gasteiger partial charge in [-0.25, -0.2) is 4.79 Å². The smallest absolute Gasteiger partial charge is 0.334 e. The van der Waals surface area contributed by atoms with Crippen LogP contribution in [0.25, 0.3) is 0 Å². The highest BCUT2D eigenvalue weighted by atomic mass is 79.9. The van der Waals surface area contributed by atoms with Crippen LogP contribution in [0.4, 0.5) is 0 Å². The number of hydrogen-bond acceptors (Lipinski definition) is 5. The summed E-state index contributed by atoms with van der Waals surface area (Å²) in [5.74, 6) is 0.244. The fourth-order valence-electron chi connectivity index (χ4n) is 2.38. The minimum Gasteiger partial charge on any atom is -0.463 e. The third kappa shape index (κ3) is 5.92. The first-order chi connectivity index (χ1) is 11.4. The second-order valence-corrected chi connectivity index (χ2v) is 6.46. The second kappa shape index (κ2) is 8.65. The van der Waals surface area contributed by atoms with E-state index in [2.05, 4.69) is 15.9 Å². The Labute approximate surface area is 151 Å². The molecular weight excluding hydrogens is 376 g/mol. The molecule has 0 radical (unpaired) electrons. The molecule has 0 N–H and O–H groups in total. The number of ether oxygens (including phenoxy) is 4. The Bertz CT molecular complexity index is 580. The van der Waals surface area contributed by atoms with E-state index < -0.39 is 11.8 Å². The summed E-state index contributed by atoms with van der Waals surface area (Å²) in [6.45, 7) is 6.53. The van der Waals surface area contributed by atoms with Crippen molar-refractivity contribution in [1.82, 2.24) is 0 Å². The van der Waals surface area contributed by atoms with E-state index in [-0.39, 0.29) is 6.10 Å². The minimum absolute atomic E-state index is 0.0635. The quantitative estimate of drug-likeness (QED) is 0.304. The highest BCUT2D eigenvalue weighted by molar-refractivity contribution is 9.09. The van der Waals surface area contributed by atoms with Gasteiger partial charge in [-0.3, -0.25) is 0 Å². The lowest BCUT2D eigenvalue weighted by Gasteiger charge is -2.17. The van der Waals surface area contributed by atoms with Gasteiger partial charge in [0, 0.05) is 6.42 Å². The maximum Gasteiger partial charge on any atom is 0.334 e. The van der Waals surface area contributed by atoms with Gasteiger partial charge in [-0.1, -0.05) is 28.1 Å². The van der Waals surface area contributed by atoms with Gasteiger partial charge in [0.25, 0.3) is 0 Å². The Morgan fingerprint density at radius 1 is 1.38 bits per heavy atom. The molecule has 1 heterocycles. The van der Waals surface area contributed by atoms with Gasteiger partial charge >= 0.3 is 5.97 Å². The molecule has 0 amide bonds. The van der Waals surface area contributed by atoms with Gasteiger partial charge in [-0.05, 0) is 38.5 Å². The molecule has 1 saturated heterocycles. The van der Waals surface area contributed by atoms with Gasteiger partial charge in [-0.2, -0.15) is 0 Å². The van der Waals surface area contributed by atoms with Crippen LogP contribution >= 0.6 is 15.9 Å². The number of carbonyl (C=O) groups excluding carboxylic acids is 1. The van der Waals surface area contributed by atoms with Crippen LogP contribution < -0.4 is 4.74 Å². The number of alkyl halides is 1. The summed E-state index contributed by atoms with van der Waals surface area (Å²) < 4.78 is 22.0. The second-order valence-electron chi connectivity index (χ2n) is 5.90. The first-order valence-corrected chi connectivity index (χ1v) is 9.06. The van der Waals surface area contributed by atoms with Crippen molar-refractivity contribution in [2.45, 2.75) is 39.1 Å². The molecule has 1 atom stereocenters. The lowest BCUT2D eigenvalue weighted by molar-refractivity contribution is -0.138. The first-order valence-electron chi connectivity index (χ1n) is 7.93. The standard InChI is InChI=1S/C18H23BrO5/c1-4-21-17(20)10-15(11-19)23-14-7-5-13(6-8-14)9-16-12-22-18(2,3)24-16/h5-8,10,16H,4,9,11-12H2,1-3H3/b15-10+/t16-/m0/s1. The molecule has 2 rings (SSSR count). The SMILES string of the molecule is CCOC(=O)/C=C(\CBr)Oc1ccc(C[C@H]2COC(C)(C)O2)cc1. The lowest BCUT2D eigenvalue weighted by atomic mass is 10.1. The first kappa shape index (κ1) is 19.0. The Hall–Kier alpha value is -1.37. The van der Waals surface area contributed by atoms with Crippen LogP contribution in [0.3, 0.4) is 0 Å². The van der Waals surface area contributed by atoms with Gasteiger partial charge in [0.15, 0.2) is 5.79 Å². The van der Waals surface area contributed by atoms with E-state index in [1.807, 2.05) is 38.1 Å². The van der Waals surface area contributed by atoms with E-state index in [1.54, 1.807) is 6.92 Å². The molecule has 0 unspecified atom stereocenters. The molecule has 0 spiro atoms. The Kier molecular flexibility index (Phi) is 6.83. The van der Waals surface area contributed by atoms with Crippen molar-refractivity contribution >= 4 is 21.9 Å². The Balaban J connectivity index is 1.92. The molecule has 1 aromatic carbocycles. The summed E-state index contributed by atoms with van der Waals surface area (Å²) in [5.41, 5.74) is 1.14. The normalized spacial score (nSPS) is 20.0. The predicted molar refractivity (Wildman–Crippen MR) is 94.2 cm³/mol. The maximum atomic E-state index is 11.5. The highest BCUT2D eigenvalue weighted by Gasteiger charge is 2.32. The van der Waals surface area contributed by atoms with E-state index in [0.29, 0.717) is 30.1 Å². The number of benzene rings is 1. The van der Waals surface area contributed by atoms with Crippen molar-refractivity contribution in [3.8, 4) is 5.75 Å². The van der Waals surface area contributed by atoms with Crippen molar-refractivity contribution in [2.24, 2.45) is 0 Å². The third-order valence-electron chi connectivity index (χ3n) is 3.40. The molecule has 0 bridgehead atoms. The van der Waals surface area contributed by atoms with Gasteiger partial charge < -0.3 is 18.9 Å². The van der Waals surface area contributed by atoms with E-state index in [0.717, 1.165) is 12.0 Å². The molecule has 1 aliphatic rings. The molecular formula is C18H23BrO5. The van der Waals surface area contributed by atoms with Crippen LogP contribution in [0.2, 0.25) is 0 Å². The fourth-order valence-corrected chi connectivity index (χ4v) is 2.66. The predicted octanol–water partition coefficient (Wildman–Crippen LogP) is 3.60. The summed E-state index contributed by atoms with van der Waals surface area (Å²) in [7, 11) is 0. The van der Waals surface area contributed by atoms with Crippen molar-refractivity contribution in [3.63, 3.8) is 0 Å². The van der Waals surface area contributed by atoms with E-state index in [1.165, 1.54) is 6.08 Å². The number of allylic oxidation sites excluding steroid dienone is 1. The molecule has 132 valence electrons. The average molecular weight is 399 g/mol. The number of halogens is 1. The maximum absolute atomic E-state index is 11.5. The van der Waals surface area contributed by atoms with Crippen LogP contribution in [-0.4, -0.2) is 36.4 Å². The molecule has 0 saturated carbocycles.